The average molecular weight is 432 g/mol. The van der Waals surface area contributed by atoms with E-state index in [1.807, 2.05) is 18.2 Å². The summed E-state index contributed by atoms with van der Waals surface area (Å²) in [5.74, 6) is -0.577. The lowest BCUT2D eigenvalue weighted by atomic mass is 9.92. The molecule has 0 aromatic heterocycles. The van der Waals surface area contributed by atoms with Gasteiger partial charge in [-0.15, -0.1) is 0 Å². The van der Waals surface area contributed by atoms with Crippen molar-refractivity contribution in [2.45, 2.75) is 31.8 Å². The van der Waals surface area contributed by atoms with E-state index in [0.29, 0.717) is 18.5 Å². The van der Waals surface area contributed by atoms with Crippen LogP contribution in [-0.2, 0) is 10.3 Å². The van der Waals surface area contributed by atoms with Crippen LogP contribution in [0.2, 0.25) is 0 Å². The molecule has 3 aromatic carbocycles. The minimum Gasteiger partial charge on any atom is -0.375 e. The van der Waals surface area contributed by atoms with Crippen LogP contribution in [-0.4, -0.2) is 30.0 Å². The molecule has 32 heavy (non-hydrogen) atoms. The molecule has 0 fully saturated rings. The number of nitrogens with one attached hydrogen (secondary N) is 3. The predicted octanol–water partition coefficient (Wildman–Crippen LogP) is 4.37. The fourth-order valence-corrected chi connectivity index (χ4v) is 3.52. The highest BCUT2D eigenvalue weighted by atomic mass is 16.5. The summed E-state index contributed by atoms with van der Waals surface area (Å²) < 4.78 is 0. The van der Waals surface area contributed by atoms with E-state index in [1.165, 1.54) is 16.7 Å². The quantitative estimate of drug-likeness (QED) is 0.217. The first kappa shape index (κ1) is 23.2. The number of hydrogen-bond donors (Lipinski definition) is 4. The fraction of sp³-hybridized carbons (Fsp3) is 0.231. The normalized spacial score (nSPS) is 12.1. The van der Waals surface area contributed by atoms with Crippen molar-refractivity contribution in [2.24, 2.45) is 0 Å². The number of rotatable bonds is 10. The minimum atomic E-state index is -0.577. The number of benzene rings is 3. The molecule has 0 radical (unpaired) electrons. The molecule has 0 saturated heterocycles. The van der Waals surface area contributed by atoms with E-state index in [-0.39, 0.29) is 11.6 Å². The van der Waals surface area contributed by atoms with Gasteiger partial charge in [-0.05, 0) is 67.8 Å². The largest absolute Gasteiger partial charge is 0.375 e. The van der Waals surface area contributed by atoms with Gasteiger partial charge in [-0.2, -0.15) is 0 Å². The maximum atomic E-state index is 11.5. The van der Waals surface area contributed by atoms with Crippen molar-refractivity contribution >= 4 is 17.9 Å². The molecule has 166 valence electrons. The molecule has 1 atom stereocenters. The van der Waals surface area contributed by atoms with Crippen LogP contribution in [0.15, 0.2) is 78.9 Å². The van der Waals surface area contributed by atoms with E-state index in [2.05, 4.69) is 60.9 Å². The van der Waals surface area contributed by atoms with Gasteiger partial charge in [0.1, 0.15) is 6.29 Å². The number of carbonyl (C=O) groups excluding carboxylic acids is 2. The highest BCUT2D eigenvalue weighted by Gasteiger charge is 2.20. The van der Waals surface area contributed by atoms with Gasteiger partial charge in [0.2, 0.25) is 0 Å². The van der Waals surface area contributed by atoms with Gasteiger partial charge in [0.15, 0.2) is 0 Å². The van der Waals surface area contributed by atoms with E-state index in [1.54, 1.807) is 29.7 Å². The summed E-state index contributed by atoms with van der Waals surface area (Å²) in [4.78, 5) is 22.9. The molecule has 0 heterocycles. The van der Waals surface area contributed by atoms with Gasteiger partial charge in [0.05, 0.1) is 6.04 Å². The second-order valence-corrected chi connectivity index (χ2v) is 8.19. The van der Waals surface area contributed by atoms with Crippen LogP contribution in [0.3, 0.4) is 0 Å². The Morgan fingerprint density at radius 1 is 0.938 bits per heavy atom. The molecule has 0 aliphatic rings. The van der Waals surface area contributed by atoms with Gasteiger partial charge in [0, 0.05) is 16.8 Å². The first-order chi connectivity index (χ1) is 15.4. The maximum Gasteiger partial charge on any atom is 0.274 e. The molecule has 0 bridgehead atoms. The van der Waals surface area contributed by atoms with Gasteiger partial charge in [0.25, 0.3) is 5.91 Å². The van der Waals surface area contributed by atoms with Crippen LogP contribution in [0.5, 0.6) is 0 Å². The molecule has 0 aliphatic carbocycles. The van der Waals surface area contributed by atoms with Gasteiger partial charge < -0.3 is 15.4 Å². The third-order valence-electron chi connectivity index (χ3n) is 5.50. The van der Waals surface area contributed by atoms with E-state index in [4.69, 9.17) is 5.21 Å². The lowest BCUT2D eigenvalue weighted by Gasteiger charge is -2.28. The number of hydroxylamine groups is 1. The fourth-order valence-electron chi connectivity index (χ4n) is 3.52. The van der Waals surface area contributed by atoms with Crippen molar-refractivity contribution in [2.75, 3.05) is 11.9 Å². The van der Waals surface area contributed by atoms with Gasteiger partial charge in [-0.1, -0.05) is 54.6 Å². The van der Waals surface area contributed by atoms with E-state index < -0.39 is 5.91 Å². The van der Waals surface area contributed by atoms with Crippen LogP contribution < -0.4 is 16.1 Å². The van der Waals surface area contributed by atoms with Gasteiger partial charge in [-0.25, -0.2) is 5.48 Å². The third-order valence-corrected chi connectivity index (χ3v) is 5.50. The van der Waals surface area contributed by atoms with E-state index >= 15 is 0 Å². The Labute approximate surface area is 188 Å². The summed E-state index contributed by atoms with van der Waals surface area (Å²) in [6, 6.07) is 25.0. The highest BCUT2D eigenvalue weighted by molar-refractivity contribution is 5.93. The zero-order chi connectivity index (χ0) is 23.0. The summed E-state index contributed by atoms with van der Waals surface area (Å²) >= 11 is 0. The Kier molecular flexibility index (Phi) is 7.76. The summed E-state index contributed by atoms with van der Waals surface area (Å²) in [7, 11) is 0. The highest BCUT2D eigenvalue weighted by Crippen LogP contribution is 2.25. The SMILES string of the molecule is CC(C)(NCCC(C=O)Nc1ccc(C(=O)NO)cc1)c1ccc(-c2ccccc2)cc1. The van der Waals surface area contributed by atoms with Crippen molar-refractivity contribution in [1.29, 1.82) is 0 Å². The van der Waals surface area contributed by atoms with Gasteiger partial charge in [-0.3, -0.25) is 10.0 Å². The first-order valence-corrected chi connectivity index (χ1v) is 10.6. The number of amides is 1. The second-order valence-electron chi connectivity index (χ2n) is 8.19. The monoisotopic (exact) mass is 431 g/mol. The summed E-state index contributed by atoms with van der Waals surface area (Å²) in [6.45, 7) is 4.90. The molecule has 1 amide bonds. The van der Waals surface area contributed by atoms with Crippen LogP contribution in [0.4, 0.5) is 5.69 Å². The number of carbonyl (C=O) groups is 2. The Balaban J connectivity index is 1.54. The first-order valence-electron chi connectivity index (χ1n) is 10.6. The summed E-state index contributed by atoms with van der Waals surface area (Å²) in [5.41, 5.74) is 5.95. The summed E-state index contributed by atoms with van der Waals surface area (Å²) in [5, 5.41) is 15.4. The molecular weight excluding hydrogens is 402 g/mol. The van der Waals surface area contributed by atoms with Crippen molar-refractivity contribution in [3.8, 4) is 11.1 Å². The average Bonchev–Trinajstić information content (AvgIpc) is 2.84. The zero-order valence-corrected chi connectivity index (χ0v) is 18.3. The molecule has 6 heteroatoms. The molecule has 0 aliphatic heterocycles. The van der Waals surface area contributed by atoms with Crippen molar-refractivity contribution in [3.05, 3.63) is 90.0 Å². The molecule has 6 nitrogen and oxygen atoms in total. The molecular formula is C26H29N3O3. The van der Waals surface area contributed by atoms with Crippen LogP contribution in [0, 0.1) is 0 Å². The predicted molar refractivity (Wildman–Crippen MR) is 127 cm³/mol. The summed E-state index contributed by atoms with van der Waals surface area (Å²) in [6.07, 6.45) is 1.49. The molecule has 3 aromatic rings. The third kappa shape index (κ3) is 6.03. The Morgan fingerprint density at radius 2 is 1.56 bits per heavy atom. The lowest BCUT2D eigenvalue weighted by molar-refractivity contribution is -0.108. The number of hydrogen-bond acceptors (Lipinski definition) is 5. The Hall–Kier alpha value is -3.48. The van der Waals surface area contributed by atoms with Crippen molar-refractivity contribution < 1.29 is 14.8 Å². The van der Waals surface area contributed by atoms with Crippen molar-refractivity contribution in [1.82, 2.24) is 10.8 Å². The van der Waals surface area contributed by atoms with Crippen LogP contribution in [0.25, 0.3) is 11.1 Å². The topological polar surface area (TPSA) is 90.5 Å². The van der Waals surface area contributed by atoms with Crippen molar-refractivity contribution in [3.63, 3.8) is 0 Å². The van der Waals surface area contributed by atoms with Crippen LogP contribution in [0.1, 0.15) is 36.2 Å². The number of aldehydes is 1. The lowest BCUT2D eigenvalue weighted by Crippen LogP contribution is -2.39. The maximum absolute atomic E-state index is 11.5. The molecule has 1 unspecified atom stereocenters. The minimum absolute atomic E-state index is 0.248. The standard InChI is InChI=1S/C26H29N3O3/c1-26(2,22-12-8-20(9-13-22)19-6-4-3-5-7-19)27-17-16-24(18-30)28-23-14-10-21(11-15-23)25(31)29-32/h3-15,18,24,27-28,32H,16-17H2,1-2H3,(H,29,31). The van der Waals surface area contributed by atoms with E-state index in [0.717, 1.165) is 12.0 Å². The molecule has 0 spiro atoms. The Morgan fingerprint density at radius 3 is 2.16 bits per heavy atom. The molecule has 0 saturated carbocycles. The zero-order valence-electron chi connectivity index (χ0n) is 18.3. The van der Waals surface area contributed by atoms with E-state index in [9.17, 15) is 9.59 Å². The number of anilines is 1. The Bertz CT molecular complexity index is 1020. The second kappa shape index (κ2) is 10.7. The molecule has 3 rings (SSSR count). The molecule has 4 N–H and O–H groups in total. The van der Waals surface area contributed by atoms with Crippen LogP contribution >= 0.6 is 0 Å². The van der Waals surface area contributed by atoms with Gasteiger partial charge >= 0.3 is 0 Å². The smallest absolute Gasteiger partial charge is 0.274 e.